The van der Waals surface area contributed by atoms with Crippen LogP contribution in [0.1, 0.15) is 32.4 Å². The van der Waals surface area contributed by atoms with Crippen LogP contribution in [0, 0.1) is 0 Å². The molecule has 0 radical (unpaired) electrons. The molecule has 2 aromatic rings. The molecule has 0 aliphatic heterocycles. The predicted octanol–water partition coefficient (Wildman–Crippen LogP) is 3.44. The topological polar surface area (TPSA) is 38.3 Å². The molecule has 0 bridgehead atoms. The summed E-state index contributed by atoms with van der Waals surface area (Å²) in [6, 6.07) is 14.3. The van der Waals surface area contributed by atoms with Gasteiger partial charge in [0.2, 0.25) is 5.91 Å². The summed E-state index contributed by atoms with van der Waals surface area (Å²) in [7, 11) is 0. The highest BCUT2D eigenvalue weighted by molar-refractivity contribution is 5.87. The molecule has 0 aliphatic carbocycles. The first-order valence-corrected chi connectivity index (χ1v) is 6.96. The van der Waals surface area contributed by atoms with Gasteiger partial charge in [-0.1, -0.05) is 42.5 Å². The molecule has 1 atom stereocenters. The van der Waals surface area contributed by atoms with Gasteiger partial charge in [0.1, 0.15) is 6.61 Å². The Bertz CT molecular complexity index is 587. The minimum Gasteiger partial charge on any atom is -0.369 e. The molecule has 0 saturated carbocycles. The molecule has 20 heavy (non-hydrogen) atoms. The number of ether oxygens (including phenoxy) is 1. The molecular weight excluding hydrogens is 250 g/mol. The van der Waals surface area contributed by atoms with E-state index in [0.29, 0.717) is 0 Å². The van der Waals surface area contributed by atoms with E-state index < -0.39 is 0 Å². The molecule has 0 saturated heterocycles. The Morgan fingerprint density at radius 2 is 1.80 bits per heavy atom. The molecule has 0 spiro atoms. The van der Waals surface area contributed by atoms with E-state index in [1.54, 1.807) is 0 Å². The second-order valence-corrected chi connectivity index (χ2v) is 5.22. The fourth-order valence-electron chi connectivity index (χ4n) is 2.23. The maximum absolute atomic E-state index is 11.8. The largest absolute Gasteiger partial charge is 0.369 e. The van der Waals surface area contributed by atoms with E-state index in [-0.39, 0.29) is 24.7 Å². The summed E-state index contributed by atoms with van der Waals surface area (Å²) in [6.07, 6.45) is 0.0635. The van der Waals surface area contributed by atoms with Crippen molar-refractivity contribution >= 4 is 16.7 Å². The minimum absolute atomic E-state index is 0.0376. The number of hydrogen-bond donors (Lipinski definition) is 1. The number of benzene rings is 2. The summed E-state index contributed by atoms with van der Waals surface area (Å²) in [4.78, 5) is 11.8. The lowest BCUT2D eigenvalue weighted by Gasteiger charge is -2.17. The van der Waals surface area contributed by atoms with Crippen LogP contribution in [-0.2, 0) is 9.53 Å². The van der Waals surface area contributed by atoms with Crippen LogP contribution in [0.4, 0.5) is 0 Å². The van der Waals surface area contributed by atoms with Gasteiger partial charge in [-0.2, -0.15) is 0 Å². The molecule has 2 rings (SSSR count). The molecule has 1 unspecified atom stereocenters. The summed E-state index contributed by atoms with van der Waals surface area (Å²) in [6.45, 7) is 5.94. The third-order valence-electron chi connectivity index (χ3n) is 3.22. The molecule has 3 nitrogen and oxygen atoms in total. The molecule has 0 fully saturated rings. The molecule has 2 aromatic carbocycles. The van der Waals surface area contributed by atoms with Gasteiger partial charge in [0.25, 0.3) is 0 Å². The van der Waals surface area contributed by atoms with E-state index in [1.807, 2.05) is 39.0 Å². The van der Waals surface area contributed by atoms with Crippen LogP contribution in [0.5, 0.6) is 0 Å². The number of fused-ring (bicyclic) bond motifs is 1. The highest BCUT2D eigenvalue weighted by Crippen LogP contribution is 2.23. The molecule has 1 amide bonds. The predicted molar refractivity (Wildman–Crippen MR) is 81.6 cm³/mol. The van der Waals surface area contributed by atoms with Gasteiger partial charge in [0.15, 0.2) is 0 Å². The molecule has 0 heterocycles. The maximum atomic E-state index is 11.8. The quantitative estimate of drug-likeness (QED) is 0.904. The molecule has 106 valence electrons. The van der Waals surface area contributed by atoms with E-state index >= 15 is 0 Å². The van der Waals surface area contributed by atoms with Crippen molar-refractivity contribution in [1.29, 1.82) is 0 Å². The Balaban J connectivity index is 2.11. The number of rotatable bonds is 5. The lowest BCUT2D eigenvalue weighted by atomic mass is 10.00. The van der Waals surface area contributed by atoms with Crippen molar-refractivity contribution in [3.05, 3.63) is 48.0 Å². The Morgan fingerprint density at radius 1 is 1.10 bits per heavy atom. The SMILES string of the molecule is CC(C)OCC(=O)NC(C)c1cccc2ccccc12. The Morgan fingerprint density at radius 3 is 2.55 bits per heavy atom. The van der Waals surface area contributed by atoms with Crippen LogP contribution < -0.4 is 5.32 Å². The first kappa shape index (κ1) is 14.5. The highest BCUT2D eigenvalue weighted by Gasteiger charge is 2.12. The van der Waals surface area contributed by atoms with Gasteiger partial charge in [0, 0.05) is 0 Å². The second-order valence-electron chi connectivity index (χ2n) is 5.22. The fraction of sp³-hybridized carbons (Fsp3) is 0.353. The van der Waals surface area contributed by atoms with E-state index in [1.165, 1.54) is 10.8 Å². The standard InChI is InChI=1S/C17H21NO2/c1-12(2)20-11-17(19)18-13(3)15-10-6-8-14-7-4-5-9-16(14)15/h4-10,12-13H,11H2,1-3H3,(H,18,19). The Labute approximate surface area is 119 Å². The molecule has 0 aliphatic rings. The monoisotopic (exact) mass is 271 g/mol. The molecule has 1 N–H and O–H groups in total. The first-order valence-electron chi connectivity index (χ1n) is 6.96. The van der Waals surface area contributed by atoms with Gasteiger partial charge in [-0.3, -0.25) is 4.79 Å². The van der Waals surface area contributed by atoms with Crippen molar-refractivity contribution in [3.8, 4) is 0 Å². The minimum atomic E-state index is -0.0841. The Kier molecular flexibility index (Phi) is 4.74. The summed E-state index contributed by atoms with van der Waals surface area (Å²) in [5.41, 5.74) is 1.13. The first-order chi connectivity index (χ1) is 9.58. The average Bonchev–Trinajstić information content (AvgIpc) is 2.44. The average molecular weight is 271 g/mol. The lowest BCUT2D eigenvalue weighted by Crippen LogP contribution is -2.31. The van der Waals surface area contributed by atoms with Crippen LogP contribution in [0.2, 0.25) is 0 Å². The third kappa shape index (κ3) is 3.58. The third-order valence-corrected chi connectivity index (χ3v) is 3.22. The number of amides is 1. The van der Waals surface area contributed by atoms with Gasteiger partial charge in [0.05, 0.1) is 12.1 Å². The molecule has 3 heteroatoms. The highest BCUT2D eigenvalue weighted by atomic mass is 16.5. The van der Waals surface area contributed by atoms with Crippen molar-refractivity contribution in [2.45, 2.75) is 32.9 Å². The van der Waals surface area contributed by atoms with E-state index in [0.717, 1.165) is 5.56 Å². The van der Waals surface area contributed by atoms with E-state index in [4.69, 9.17) is 4.74 Å². The molecule has 0 aromatic heterocycles. The van der Waals surface area contributed by atoms with Crippen molar-refractivity contribution in [3.63, 3.8) is 0 Å². The fourth-order valence-corrected chi connectivity index (χ4v) is 2.23. The van der Waals surface area contributed by atoms with Crippen molar-refractivity contribution in [2.24, 2.45) is 0 Å². The normalized spacial score (nSPS) is 12.6. The van der Waals surface area contributed by atoms with E-state index in [9.17, 15) is 4.79 Å². The van der Waals surface area contributed by atoms with Crippen molar-refractivity contribution < 1.29 is 9.53 Å². The van der Waals surface area contributed by atoms with Crippen LogP contribution in [-0.4, -0.2) is 18.6 Å². The van der Waals surface area contributed by atoms with Crippen LogP contribution >= 0.6 is 0 Å². The van der Waals surface area contributed by atoms with Crippen molar-refractivity contribution in [2.75, 3.05) is 6.61 Å². The zero-order valence-corrected chi connectivity index (χ0v) is 12.2. The van der Waals surface area contributed by atoms with Crippen LogP contribution in [0.3, 0.4) is 0 Å². The summed E-state index contributed by atoms with van der Waals surface area (Å²) >= 11 is 0. The van der Waals surface area contributed by atoms with Gasteiger partial charge < -0.3 is 10.1 Å². The lowest BCUT2D eigenvalue weighted by molar-refractivity contribution is -0.127. The van der Waals surface area contributed by atoms with Gasteiger partial charge in [-0.15, -0.1) is 0 Å². The zero-order valence-electron chi connectivity index (χ0n) is 12.2. The van der Waals surface area contributed by atoms with Gasteiger partial charge >= 0.3 is 0 Å². The maximum Gasteiger partial charge on any atom is 0.246 e. The summed E-state index contributed by atoms with van der Waals surface area (Å²) in [5, 5.41) is 5.34. The number of carbonyl (C=O) groups excluding carboxylic acids is 1. The molecular formula is C17H21NO2. The van der Waals surface area contributed by atoms with Crippen LogP contribution in [0.25, 0.3) is 10.8 Å². The summed E-state index contributed by atoms with van der Waals surface area (Å²) in [5.74, 6) is -0.0841. The van der Waals surface area contributed by atoms with E-state index in [2.05, 4.69) is 29.6 Å². The van der Waals surface area contributed by atoms with Gasteiger partial charge in [-0.25, -0.2) is 0 Å². The number of nitrogens with one attached hydrogen (secondary N) is 1. The number of carbonyl (C=O) groups is 1. The number of hydrogen-bond acceptors (Lipinski definition) is 2. The van der Waals surface area contributed by atoms with Crippen molar-refractivity contribution in [1.82, 2.24) is 5.32 Å². The van der Waals surface area contributed by atoms with Crippen LogP contribution in [0.15, 0.2) is 42.5 Å². The summed E-state index contributed by atoms with van der Waals surface area (Å²) < 4.78 is 5.32. The zero-order chi connectivity index (χ0) is 14.5. The van der Waals surface area contributed by atoms with Gasteiger partial charge in [-0.05, 0) is 37.1 Å². The smallest absolute Gasteiger partial charge is 0.246 e. The second kappa shape index (κ2) is 6.53. The Hall–Kier alpha value is -1.87.